The molecule has 1 saturated carbocycles. The minimum absolute atomic E-state index is 0.169. The number of anilines is 1. The maximum Gasteiger partial charge on any atom is 0.254 e. The van der Waals surface area contributed by atoms with Crippen LogP contribution >= 0.6 is 0 Å². The Morgan fingerprint density at radius 3 is 2.61 bits per heavy atom. The van der Waals surface area contributed by atoms with Crippen LogP contribution in [0.25, 0.3) is 16.8 Å². The number of aryl methyl sites for hydroxylation is 1. The fourth-order valence-corrected chi connectivity index (χ4v) is 4.27. The van der Waals surface area contributed by atoms with E-state index >= 15 is 0 Å². The number of carbonyl (C=O) groups excluding carboxylic acids is 1. The van der Waals surface area contributed by atoms with Crippen LogP contribution in [0.4, 0.5) is 5.69 Å². The van der Waals surface area contributed by atoms with Crippen LogP contribution in [0.15, 0.2) is 18.3 Å². The number of aromatic hydroxyl groups is 1. The van der Waals surface area contributed by atoms with Crippen LogP contribution in [-0.2, 0) is 0 Å². The first-order valence-corrected chi connectivity index (χ1v) is 9.66. The molecule has 4 rings (SSSR count). The van der Waals surface area contributed by atoms with Gasteiger partial charge in [-0.15, -0.1) is 0 Å². The number of hydrogen-bond donors (Lipinski definition) is 3. The molecule has 3 aromatic rings. The maximum atomic E-state index is 12.3. The summed E-state index contributed by atoms with van der Waals surface area (Å²) in [5.41, 5.74) is 15.9. The normalized spacial score (nSPS) is 15.2. The lowest BCUT2D eigenvalue weighted by atomic mass is 9.89. The third kappa shape index (κ3) is 2.87. The van der Waals surface area contributed by atoms with Gasteiger partial charge >= 0.3 is 0 Å². The number of primary amides is 1. The van der Waals surface area contributed by atoms with Gasteiger partial charge in [0.2, 0.25) is 0 Å². The zero-order chi connectivity index (χ0) is 20.0. The number of carbonyl (C=O) groups is 1. The number of rotatable bonds is 3. The van der Waals surface area contributed by atoms with Crippen molar-refractivity contribution >= 4 is 17.2 Å². The van der Waals surface area contributed by atoms with Gasteiger partial charge in [0.25, 0.3) is 5.91 Å². The van der Waals surface area contributed by atoms with Crippen LogP contribution in [0.2, 0.25) is 0 Å². The minimum Gasteiger partial charge on any atom is -0.508 e. The highest BCUT2D eigenvalue weighted by Gasteiger charge is 2.25. The Balaban J connectivity index is 1.97. The highest BCUT2D eigenvalue weighted by atomic mass is 16.3. The second-order valence-corrected chi connectivity index (χ2v) is 7.67. The number of hydrogen-bond acceptors (Lipinski definition) is 5. The molecule has 0 saturated heterocycles. The van der Waals surface area contributed by atoms with E-state index in [-0.39, 0.29) is 17.0 Å². The quantitative estimate of drug-likeness (QED) is 0.644. The molecule has 0 spiro atoms. The van der Waals surface area contributed by atoms with Crippen molar-refractivity contribution in [3.8, 4) is 16.9 Å². The molecular formula is C21H25N5O2. The lowest BCUT2D eigenvalue weighted by Gasteiger charge is -2.17. The molecule has 2 heterocycles. The van der Waals surface area contributed by atoms with Crippen molar-refractivity contribution in [3.05, 3.63) is 40.8 Å². The average Bonchev–Trinajstić information content (AvgIpc) is 3.09. The number of phenols is 1. The Morgan fingerprint density at radius 1 is 1.21 bits per heavy atom. The Hall–Kier alpha value is -3.09. The number of phenolic OH excluding ortho intramolecular Hbond substituents is 1. The third-order valence-corrected chi connectivity index (χ3v) is 5.81. The third-order valence-electron chi connectivity index (χ3n) is 5.81. The van der Waals surface area contributed by atoms with Crippen molar-refractivity contribution < 1.29 is 9.90 Å². The molecule has 7 heteroatoms. The molecular weight excluding hydrogens is 354 g/mol. The molecule has 146 valence electrons. The van der Waals surface area contributed by atoms with Crippen LogP contribution in [0.1, 0.15) is 65.3 Å². The first-order chi connectivity index (χ1) is 13.4. The maximum absolute atomic E-state index is 12.3. The van der Waals surface area contributed by atoms with E-state index in [9.17, 15) is 9.90 Å². The summed E-state index contributed by atoms with van der Waals surface area (Å²) in [4.78, 5) is 16.9. The Morgan fingerprint density at radius 2 is 1.93 bits per heavy atom. The number of aromatic nitrogens is 3. The Kier molecular flexibility index (Phi) is 4.45. The molecule has 1 aliphatic rings. The van der Waals surface area contributed by atoms with E-state index in [1.54, 1.807) is 16.8 Å². The van der Waals surface area contributed by atoms with Crippen molar-refractivity contribution in [2.45, 2.75) is 51.9 Å². The van der Waals surface area contributed by atoms with Crippen molar-refractivity contribution in [2.75, 3.05) is 5.73 Å². The topological polar surface area (TPSA) is 120 Å². The van der Waals surface area contributed by atoms with Gasteiger partial charge in [-0.1, -0.05) is 25.3 Å². The van der Waals surface area contributed by atoms with E-state index in [1.807, 2.05) is 19.9 Å². The number of benzene rings is 1. The molecule has 1 fully saturated rings. The van der Waals surface area contributed by atoms with Crippen LogP contribution in [-0.4, -0.2) is 25.6 Å². The van der Waals surface area contributed by atoms with E-state index in [4.69, 9.17) is 11.5 Å². The van der Waals surface area contributed by atoms with Crippen LogP contribution in [0.5, 0.6) is 5.75 Å². The molecule has 0 unspecified atom stereocenters. The number of nitrogen functional groups attached to an aromatic ring is 1. The molecule has 0 radical (unpaired) electrons. The number of nitrogens with two attached hydrogens (primary N) is 2. The SMILES string of the molecule is Cc1ccc(O)c(C)c1-c1cn2nc(C3CCCCC3)nc2c(C(N)=O)c1N. The average molecular weight is 379 g/mol. The van der Waals surface area contributed by atoms with Crippen molar-refractivity contribution in [1.82, 2.24) is 14.6 Å². The molecule has 7 nitrogen and oxygen atoms in total. The molecule has 1 aromatic carbocycles. The van der Waals surface area contributed by atoms with E-state index in [0.29, 0.717) is 22.7 Å². The number of fused-ring (bicyclic) bond motifs is 1. The summed E-state index contributed by atoms with van der Waals surface area (Å²) >= 11 is 0. The summed E-state index contributed by atoms with van der Waals surface area (Å²) < 4.78 is 1.61. The standard InChI is InChI=1S/C21H25N5O2/c1-11-8-9-15(27)12(2)16(11)14-10-26-21(17(18(14)22)19(23)28)24-20(25-26)13-6-4-3-5-7-13/h8-10,13,27H,3-7,22H2,1-2H3,(H2,23,28). The summed E-state index contributed by atoms with van der Waals surface area (Å²) in [6.07, 6.45) is 7.45. The van der Waals surface area contributed by atoms with Crippen molar-refractivity contribution in [1.29, 1.82) is 0 Å². The van der Waals surface area contributed by atoms with Gasteiger partial charge < -0.3 is 16.6 Å². The van der Waals surface area contributed by atoms with Gasteiger partial charge in [-0.3, -0.25) is 4.79 Å². The fourth-order valence-electron chi connectivity index (χ4n) is 4.27. The van der Waals surface area contributed by atoms with Gasteiger partial charge in [0.15, 0.2) is 11.5 Å². The highest BCUT2D eigenvalue weighted by Crippen LogP contribution is 2.38. The summed E-state index contributed by atoms with van der Waals surface area (Å²) in [5, 5.41) is 14.8. The van der Waals surface area contributed by atoms with Gasteiger partial charge in [-0.05, 0) is 49.4 Å². The second-order valence-electron chi connectivity index (χ2n) is 7.67. The Bertz CT molecular complexity index is 1080. The minimum atomic E-state index is -0.637. The van der Waals surface area contributed by atoms with E-state index in [0.717, 1.165) is 42.6 Å². The molecule has 0 atom stereocenters. The number of pyridine rings is 1. The van der Waals surface area contributed by atoms with Crippen LogP contribution < -0.4 is 11.5 Å². The predicted octanol–water partition coefficient (Wildman–Crippen LogP) is 3.45. The van der Waals surface area contributed by atoms with Gasteiger partial charge in [-0.25, -0.2) is 9.50 Å². The zero-order valence-corrected chi connectivity index (χ0v) is 16.2. The first kappa shape index (κ1) is 18.3. The second kappa shape index (κ2) is 6.82. The van der Waals surface area contributed by atoms with Gasteiger partial charge in [0.1, 0.15) is 11.3 Å². The molecule has 1 amide bonds. The molecule has 5 N–H and O–H groups in total. The molecule has 0 bridgehead atoms. The fraction of sp³-hybridized carbons (Fsp3) is 0.381. The smallest absolute Gasteiger partial charge is 0.254 e. The first-order valence-electron chi connectivity index (χ1n) is 9.66. The largest absolute Gasteiger partial charge is 0.508 e. The highest BCUT2D eigenvalue weighted by molar-refractivity contribution is 6.07. The monoisotopic (exact) mass is 379 g/mol. The van der Waals surface area contributed by atoms with E-state index in [2.05, 4.69) is 10.1 Å². The lowest BCUT2D eigenvalue weighted by Crippen LogP contribution is -2.16. The lowest BCUT2D eigenvalue weighted by molar-refractivity contribution is 0.100. The zero-order valence-electron chi connectivity index (χ0n) is 16.2. The number of nitrogens with zero attached hydrogens (tertiary/aromatic N) is 3. The summed E-state index contributed by atoms with van der Waals surface area (Å²) in [6.45, 7) is 3.75. The molecule has 2 aromatic heterocycles. The predicted molar refractivity (Wildman–Crippen MR) is 108 cm³/mol. The van der Waals surface area contributed by atoms with Gasteiger partial charge in [0, 0.05) is 17.7 Å². The van der Waals surface area contributed by atoms with E-state index < -0.39 is 5.91 Å². The van der Waals surface area contributed by atoms with Gasteiger partial charge in [0.05, 0.1) is 5.69 Å². The Labute approximate surface area is 163 Å². The molecule has 1 aliphatic carbocycles. The van der Waals surface area contributed by atoms with Gasteiger partial charge in [-0.2, -0.15) is 5.10 Å². The molecule has 0 aliphatic heterocycles. The van der Waals surface area contributed by atoms with Crippen molar-refractivity contribution in [2.24, 2.45) is 5.73 Å². The number of amides is 1. The van der Waals surface area contributed by atoms with Crippen LogP contribution in [0.3, 0.4) is 0 Å². The molecule has 28 heavy (non-hydrogen) atoms. The summed E-state index contributed by atoms with van der Waals surface area (Å²) in [6, 6.07) is 3.47. The van der Waals surface area contributed by atoms with Crippen LogP contribution in [0, 0.1) is 13.8 Å². The van der Waals surface area contributed by atoms with Crippen molar-refractivity contribution in [3.63, 3.8) is 0 Å². The summed E-state index contributed by atoms with van der Waals surface area (Å²) in [7, 11) is 0. The van der Waals surface area contributed by atoms with E-state index in [1.165, 1.54) is 6.42 Å². The summed E-state index contributed by atoms with van der Waals surface area (Å²) in [5.74, 6) is 0.566.